The molecule has 1 heterocycles. The minimum atomic E-state index is -0.186. The number of ether oxygens (including phenoxy) is 2. The van der Waals surface area contributed by atoms with E-state index in [-0.39, 0.29) is 24.9 Å². The topological polar surface area (TPSA) is 67.9 Å². The predicted molar refractivity (Wildman–Crippen MR) is 74.1 cm³/mol. The summed E-state index contributed by atoms with van der Waals surface area (Å²) in [6.45, 7) is 4.76. The Morgan fingerprint density at radius 2 is 1.95 bits per heavy atom. The average molecular weight is 278 g/mol. The van der Waals surface area contributed by atoms with Gasteiger partial charge in [0.25, 0.3) is 0 Å². The van der Waals surface area contributed by atoms with E-state index < -0.39 is 0 Å². The number of nitrogens with zero attached hydrogens (tertiary/aromatic N) is 1. The van der Waals surface area contributed by atoms with Crippen LogP contribution in [-0.2, 0) is 9.59 Å². The summed E-state index contributed by atoms with van der Waals surface area (Å²) in [5, 5.41) is 2.52. The lowest BCUT2D eigenvalue weighted by molar-refractivity contribution is -0.128. The molecule has 6 nitrogen and oxygen atoms in total. The van der Waals surface area contributed by atoms with Crippen LogP contribution in [0.15, 0.2) is 18.2 Å². The van der Waals surface area contributed by atoms with Crippen molar-refractivity contribution in [3.05, 3.63) is 18.2 Å². The molecule has 0 atom stereocenters. The smallest absolute Gasteiger partial charge is 0.246 e. The predicted octanol–water partition coefficient (Wildman–Crippen LogP) is 0.947. The lowest BCUT2D eigenvalue weighted by atomic mass is 10.2. The van der Waals surface area contributed by atoms with Gasteiger partial charge in [-0.3, -0.25) is 14.5 Å². The molecule has 1 N–H and O–H groups in total. The van der Waals surface area contributed by atoms with E-state index in [1.54, 1.807) is 18.2 Å². The SMILES string of the molecule is CCOc1ccc(OCC)c(N2CC(=O)NCC2=O)c1. The molecular weight excluding hydrogens is 260 g/mol. The molecule has 0 spiro atoms. The van der Waals surface area contributed by atoms with E-state index in [1.165, 1.54) is 4.90 Å². The zero-order valence-electron chi connectivity index (χ0n) is 11.6. The summed E-state index contributed by atoms with van der Waals surface area (Å²) in [5.41, 5.74) is 0.567. The normalized spacial score (nSPS) is 15.0. The molecule has 1 aromatic rings. The standard InChI is InChI=1S/C14H18N2O4/c1-3-19-10-5-6-12(20-4-2)11(7-10)16-9-13(17)15-8-14(16)18/h5-7H,3-4,8-9H2,1-2H3,(H,15,17). The number of amides is 2. The Labute approximate surface area is 117 Å². The second-order valence-corrected chi connectivity index (χ2v) is 4.25. The monoisotopic (exact) mass is 278 g/mol. The zero-order valence-corrected chi connectivity index (χ0v) is 11.6. The minimum Gasteiger partial charge on any atom is -0.494 e. The van der Waals surface area contributed by atoms with Crippen LogP contribution < -0.4 is 19.7 Å². The Kier molecular flexibility index (Phi) is 4.45. The van der Waals surface area contributed by atoms with Gasteiger partial charge in [0.2, 0.25) is 11.8 Å². The van der Waals surface area contributed by atoms with Crippen molar-refractivity contribution in [2.24, 2.45) is 0 Å². The molecule has 1 saturated heterocycles. The summed E-state index contributed by atoms with van der Waals surface area (Å²) in [5.74, 6) is 0.858. The number of anilines is 1. The lowest BCUT2D eigenvalue weighted by Crippen LogP contribution is -2.51. The Bertz CT molecular complexity index is 516. The van der Waals surface area contributed by atoms with Crippen molar-refractivity contribution in [1.82, 2.24) is 5.32 Å². The van der Waals surface area contributed by atoms with Crippen LogP contribution in [0.4, 0.5) is 5.69 Å². The summed E-state index contributed by atoms with van der Waals surface area (Å²) in [7, 11) is 0. The molecule has 0 bridgehead atoms. The van der Waals surface area contributed by atoms with E-state index in [9.17, 15) is 9.59 Å². The van der Waals surface area contributed by atoms with Gasteiger partial charge in [-0.15, -0.1) is 0 Å². The first kappa shape index (κ1) is 14.2. The maximum Gasteiger partial charge on any atom is 0.246 e. The molecule has 0 saturated carbocycles. The van der Waals surface area contributed by atoms with Gasteiger partial charge in [-0.2, -0.15) is 0 Å². The highest BCUT2D eigenvalue weighted by molar-refractivity contribution is 6.05. The first-order valence-electron chi connectivity index (χ1n) is 6.62. The van der Waals surface area contributed by atoms with Crippen LogP contribution in [0.1, 0.15) is 13.8 Å². The minimum absolute atomic E-state index is 0.00323. The molecule has 0 aliphatic carbocycles. The first-order chi connectivity index (χ1) is 9.65. The number of carbonyl (C=O) groups excluding carboxylic acids is 2. The van der Waals surface area contributed by atoms with Gasteiger partial charge in [0, 0.05) is 6.07 Å². The molecule has 0 radical (unpaired) electrons. The molecule has 1 aromatic carbocycles. The molecule has 20 heavy (non-hydrogen) atoms. The third-order valence-electron chi connectivity index (χ3n) is 2.87. The number of hydrogen-bond acceptors (Lipinski definition) is 4. The van der Waals surface area contributed by atoms with E-state index in [1.807, 2.05) is 13.8 Å². The number of hydrogen-bond donors (Lipinski definition) is 1. The fourth-order valence-corrected chi connectivity index (χ4v) is 2.02. The van der Waals surface area contributed by atoms with Gasteiger partial charge in [-0.1, -0.05) is 0 Å². The highest BCUT2D eigenvalue weighted by Gasteiger charge is 2.27. The second kappa shape index (κ2) is 6.27. The molecule has 1 aliphatic rings. The van der Waals surface area contributed by atoms with E-state index in [2.05, 4.69) is 5.32 Å². The fourth-order valence-electron chi connectivity index (χ4n) is 2.02. The lowest BCUT2D eigenvalue weighted by Gasteiger charge is -2.28. The third-order valence-corrected chi connectivity index (χ3v) is 2.87. The first-order valence-corrected chi connectivity index (χ1v) is 6.62. The van der Waals surface area contributed by atoms with Crippen LogP contribution in [0.5, 0.6) is 11.5 Å². The largest absolute Gasteiger partial charge is 0.494 e. The van der Waals surface area contributed by atoms with Crippen molar-refractivity contribution in [3.8, 4) is 11.5 Å². The summed E-state index contributed by atoms with van der Waals surface area (Å²) in [6, 6.07) is 5.26. The molecule has 1 aliphatic heterocycles. The number of carbonyl (C=O) groups is 2. The number of piperazine rings is 1. The van der Waals surface area contributed by atoms with Crippen LogP contribution in [0.25, 0.3) is 0 Å². The molecular formula is C14H18N2O4. The number of nitrogens with one attached hydrogen (secondary N) is 1. The van der Waals surface area contributed by atoms with Crippen molar-refractivity contribution in [2.75, 3.05) is 31.2 Å². The highest BCUT2D eigenvalue weighted by Crippen LogP contribution is 2.33. The molecule has 6 heteroatoms. The van der Waals surface area contributed by atoms with Gasteiger partial charge in [0.05, 0.1) is 25.4 Å². The second-order valence-electron chi connectivity index (χ2n) is 4.25. The maximum absolute atomic E-state index is 12.0. The van der Waals surface area contributed by atoms with Crippen molar-refractivity contribution in [3.63, 3.8) is 0 Å². The maximum atomic E-state index is 12.0. The van der Waals surface area contributed by atoms with Crippen LogP contribution >= 0.6 is 0 Å². The van der Waals surface area contributed by atoms with E-state index >= 15 is 0 Å². The van der Waals surface area contributed by atoms with E-state index in [0.29, 0.717) is 30.4 Å². The highest BCUT2D eigenvalue weighted by atomic mass is 16.5. The third kappa shape index (κ3) is 3.01. The fraction of sp³-hybridized carbons (Fsp3) is 0.429. The molecule has 2 rings (SSSR count). The van der Waals surface area contributed by atoms with E-state index in [0.717, 1.165) is 0 Å². The van der Waals surface area contributed by atoms with Crippen molar-refractivity contribution in [2.45, 2.75) is 13.8 Å². The summed E-state index contributed by atoms with van der Waals surface area (Å²) >= 11 is 0. The van der Waals surface area contributed by atoms with Crippen molar-refractivity contribution in [1.29, 1.82) is 0 Å². The summed E-state index contributed by atoms with van der Waals surface area (Å²) in [6.07, 6.45) is 0. The molecule has 2 amide bonds. The Balaban J connectivity index is 2.37. The Hall–Kier alpha value is -2.24. The zero-order chi connectivity index (χ0) is 14.5. The van der Waals surface area contributed by atoms with Crippen LogP contribution in [0, 0.1) is 0 Å². The van der Waals surface area contributed by atoms with Crippen LogP contribution in [0.2, 0.25) is 0 Å². The Morgan fingerprint density at radius 3 is 2.65 bits per heavy atom. The van der Waals surface area contributed by atoms with Gasteiger partial charge >= 0.3 is 0 Å². The quantitative estimate of drug-likeness (QED) is 0.870. The van der Waals surface area contributed by atoms with Crippen molar-refractivity contribution >= 4 is 17.5 Å². The molecule has 0 aromatic heterocycles. The van der Waals surface area contributed by atoms with Crippen LogP contribution in [-0.4, -0.2) is 38.1 Å². The van der Waals surface area contributed by atoms with Gasteiger partial charge in [-0.05, 0) is 26.0 Å². The number of rotatable bonds is 5. The average Bonchev–Trinajstić information content (AvgIpc) is 2.44. The van der Waals surface area contributed by atoms with E-state index in [4.69, 9.17) is 9.47 Å². The van der Waals surface area contributed by atoms with Crippen molar-refractivity contribution < 1.29 is 19.1 Å². The van der Waals surface area contributed by atoms with Gasteiger partial charge in [0.1, 0.15) is 18.0 Å². The van der Waals surface area contributed by atoms with Gasteiger partial charge < -0.3 is 14.8 Å². The molecule has 108 valence electrons. The summed E-state index contributed by atoms with van der Waals surface area (Å²) in [4.78, 5) is 24.9. The van der Waals surface area contributed by atoms with Gasteiger partial charge in [-0.25, -0.2) is 0 Å². The Morgan fingerprint density at radius 1 is 1.20 bits per heavy atom. The summed E-state index contributed by atoms with van der Waals surface area (Å²) < 4.78 is 11.0. The number of benzene rings is 1. The molecule has 1 fully saturated rings. The van der Waals surface area contributed by atoms with Gasteiger partial charge in [0.15, 0.2) is 0 Å². The van der Waals surface area contributed by atoms with Crippen LogP contribution in [0.3, 0.4) is 0 Å². The molecule has 0 unspecified atom stereocenters.